The molecule has 96 valence electrons. The fraction of sp³-hybridized carbons (Fsp3) is 0.333. The van der Waals surface area contributed by atoms with Crippen LogP contribution < -0.4 is 5.32 Å². The van der Waals surface area contributed by atoms with Crippen LogP contribution in [0.5, 0.6) is 0 Å². The SMILES string of the molecule is CCOCCNc1nc2ccccn2c1C(=O)O. The topological polar surface area (TPSA) is 75.9 Å². The molecule has 0 saturated heterocycles. The number of nitrogens with zero attached hydrogens (tertiary/aromatic N) is 2. The molecule has 0 aliphatic carbocycles. The van der Waals surface area contributed by atoms with Gasteiger partial charge in [-0.15, -0.1) is 0 Å². The van der Waals surface area contributed by atoms with Crippen LogP contribution in [0, 0.1) is 0 Å². The van der Waals surface area contributed by atoms with Crippen LogP contribution >= 0.6 is 0 Å². The van der Waals surface area contributed by atoms with Crippen molar-refractivity contribution in [2.45, 2.75) is 6.92 Å². The van der Waals surface area contributed by atoms with Gasteiger partial charge in [0.25, 0.3) is 0 Å². The Morgan fingerprint density at radius 1 is 1.56 bits per heavy atom. The summed E-state index contributed by atoms with van der Waals surface area (Å²) in [5, 5.41) is 12.2. The third-order valence-corrected chi connectivity index (χ3v) is 2.48. The van der Waals surface area contributed by atoms with Crippen LogP contribution in [0.2, 0.25) is 0 Å². The zero-order valence-corrected chi connectivity index (χ0v) is 10.1. The van der Waals surface area contributed by atoms with E-state index in [-0.39, 0.29) is 5.69 Å². The minimum absolute atomic E-state index is 0.141. The second-order valence-corrected chi connectivity index (χ2v) is 3.67. The van der Waals surface area contributed by atoms with Gasteiger partial charge in [-0.3, -0.25) is 4.40 Å². The van der Waals surface area contributed by atoms with Crippen molar-refractivity contribution in [1.29, 1.82) is 0 Å². The van der Waals surface area contributed by atoms with Crippen LogP contribution in [-0.2, 0) is 4.74 Å². The number of aromatic nitrogens is 2. The van der Waals surface area contributed by atoms with Gasteiger partial charge in [0.2, 0.25) is 0 Å². The molecule has 2 aromatic rings. The zero-order valence-electron chi connectivity index (χ0n) is 10.1. The van der Waals surface area contributed by atoms with Crippen molar-refractivity contribution in [3.8, 4) is 0 Å². The van der Waals surface area contributed by atoms with Gasteiger partial charge in [0.05, 0.1) is 6.61 Å². The number of ether oxygens (including phenoxy) is 1. The summed E-state index contributed by atoms with van der Waals surface area (Å²) < 4.78 is 6.73. The smallest absolute Gasteiger partial charge is 0.356 e. The number of pyridine rings is 1. The number of aromatic carboxylic acids is 1. The summed E-state index contributed by atoms with van der Waals surface area (Å²) in [7, 11) is 0. The molecule has 2 heterocycles. The van der Waals surface area contributed by atoms with E-state index >= 15 is 0 Å². The molecule has 6 heteroatoms. The minimum atomic E-state index is -1.01. The predicted molar refractivity (Wildman–Crippen MR) is 67.1 cm³/mol. The minimum Gasteiger partial charge on any atom is -0.476 e. The summed E-state index contributed by atoms with van der Waals surface area (Å²) in [5.74, 6) is -0.638. The first-order chi connectivity index (χ1) is 8.74. The number of fused-ring (bicyclic) bond motifs is 1. The third kappa shape index (κ3) is 2.43. The van der Waals surface area contributed by atoms with Crippen LogP contribution in [0.3, 0.4) is 0 Å². The Kier molecular flexibility index (Phi) is 3.78. The molecule has 2 aromatic heterocycles. The number of hydrogen-bond donors (Lipinski definition) is 2. The van der Waals surface area contributed by atoms with E-state index in [1.807, 2.05) is 13.0 Å². The van der Waals surface area contributed by atoms with Gasteiger partial charge in [-0.2, -0.15) is 0 Å². The highest BCUT2D eigenvalue weighted by Crippen LogP contribution is 2.17. The molecule has 0 fully saturated rings. The van der Waals surface area contributed by atoms with Gasteiger partial charge in [-0.25, -0.2) is 9.78 Å². The quantitative estimate of drug-likeness (QED) is 0.758. The number of carboxylic acid groups (broad SMARTS) is 1. The molecule has 0 aromatic carbocycles. The van der Waals surface area contributed by atoms with E-state index < -0.39 is 5.97 Å². The van der Waals surface area contributed by atoms with Gasteiger partial charge in [0.15, 0.2) is 11.5 Å². The maximum atomic E-state index is 11.3. The molecule has 6 nitrogen and oxygen atoms in total. The molecule has 18 heavy (non-hydrogen) atoms. The number of hydrogen-bond acceptors (Lipinski definition) is 4. The van der Waals surface area contributed by atoms with Crippen LogP contribution in [0.25, 0.3) is 5.65 Å². The molecule has 0 radical (unpaired) electrons. The predicted octanol–water partition coefficient (Wildman–Crippen LogP) is 1.48. The number of rotatable bonds is 6. The van der Waals surface area contributed by atoms with Crippen LogP contribution in [0.15, 0.2) is 24.4 Å². The van der Waals surface area contributed by atoms with Crippen LogP contribution in [0.1, 0.15) is 17.4 Å². The molecule has 0 unspecified atom stereocenters. The first-order valence-corrected chi connectivity index (χ1v) is 5.76. The standard InChI is InChI=1S/C12H15N3O3/c1-2-18-8-6-13-11-10(12(16)17)15-7-4-3-5-9(15)14-11/h3-5,7,13H,2,6,8H2,1H3,(H,16,17). The molecule has 2 N–H and O–H groups in total. The number of imidazole rings is 1. The molecule has 0 spiro atoms. The van der Waals surface area contributed by atoms with Gasteiger partial charge in [0.1, 0.15) is 5.65 Å². The number of carboxylic acids is 1. The highest BCUT2D eigenvalue weighted by atomic mass is 16.5. The molecule has 2 rings (SSSR count). The van der Waals surface area contributed by atoms with Crippen LogP contribution in [0.4, 0.5) is 5.82 Å². The van der Waals surface area contributed by atoms with Crippen molar-refractivity contribution < 1.29 is 14.6 Å². The van der Waals surface area contributed by atoms with Crippen molar-refractivity contribution >= 4 is 17.4 Å². The number of carbonyl (C=O) groups is 1. The highest BCUT2D eigenvalue weighted by molar-refractivity contribution is 5.92. The molecule has 0 aliphatic heterocycles. The molecular weight excluding hydrogens is 234 g/mol. The summed E-state index contributed by atoms with van der Waals surface area (Å²) in [6.07, 6.45) is 1.68. The van der Waals surface area contributed by atoms with Gasteiger partial charge in [0, 0.05) is 19.3 Å². The van der Waals surface area contributed by atoms with E-state index in [0.717, 1.165) is 0 Å². The molecular formula is C12H15N3O3. The second-order valence-electron chi connectivity index (χ2n) is 3.67. The van der Waals surface area contributed by atoms with Crippen molar-refractivity contribution in [3.05, 3.63) is 30.1 Å². The normalized spacial score (nSPS) is 10.7. The van der Waals surface area contributed by atoms with E-state index in [0.29, 0.717) is 31.2 Å². The van der Waals surface area contributed by atoms with Crippen molar-refractivity contribution in [3.63, 3.8) is 0 Å². The zero-order chi connectivity index (χ0) is 13.0. The van der Waals surface area contributed by atoms with Crippen molar-refractivity contribution in [2.75, 3.05) is 25.1 Å². The summed E-state index contributed by atoms with van der Waals surface area (Å²) in [6, 6.07) is 5.35. The maximum absolute atomic E-state index is 11.3. The largest absolute Gasteiger partial charge is 0.476 e. The lowest BCUT2D eigenvalue weighted by molar-refractivity contribution is 0.0690. The van der Waals surface area contributed by atoms with Gasteiger partial charge in [-0.05, 0) is 19.1 Å². The van der Waals surface area contributed by atoms with Crippen LogP contribution in [-0.4, -0.2) is 40.2 Å². The first kappa shape index (κ1) is 12.4. The van der Waals surface area contributed by atoms with Gasteiger partial charge < -0.3 is 15.2 Å². The molecule has 0 saturated carbocycles. The highest BCUT2D eigenvalue weighted by Gasteiger charge is 2.17. The first-order valence-electron chi connectivity index (χ1n) is 5.76. The Hall–Kier alpha value is -2.08. The molecule has 0 atom stereocenters. The molecule has 0 amide bonds. The maximum Gasteiger partial charge on any atom is 0.356 e. The third-order valence-electron chi connectivity index (χ3n) is 2.48. The van der Waals surface area contributed by atoms with E-state index in [4.69, 9.17) is 4.74 Å². The monoisotopic (exact) mass is 249 g/mol. The molecule has 0 aliphatic rings. The lowest BCUT2D eigenvalue weighted by Gasteiger charge is -2.04. The Labute approximate surface area is 104 Å². The van der Waals surface area contributed by atoms with E-state index in [2.05, 4.69) is 10.3 Å². The lowest BCUT2D eigenvalue weighted by Crippen LogP contribution is -2.12. The molecule has 0 bridgehead atoms. The summed E-state index contributed by atoms with van der Waals surface area (Å²) >= 11 is 0. The summed E-state index contributed by atoms with van der Waals surface area (Å²) in [6.45, 7) is 3.59. The van der Waals surface area contributed by atoms with Gasteiger partial charge in [-0.1, -0.05) is 6.07 Å². The summed E-state index contributed by atoms with van der Waals surface area (Å²) in [4.78, 5) is 15.5. The average Bonchev–Trinajstić information content (AvgIpc) is 2.73. The van der Waals surface area contributed by atoms with E-state index in [9.17, 15) is 9.90 Å². The lowest BCUT2D eigenvalue weighted by atomic mass is 10.4. The van der Waals surface area contributed by atoms with E-state index in [1.54, 1.807) is 22.7 Å². The second kappa shape index (κ2) is 5.50. The Morgan fingerprint density at radius 3 is 3.11 bits per heavy atom. The Morgan fingerprint density at radius 2 is 2.39 bits per heavy atom. The van der Waals surface area contributed by atoms with E-state index in [1.165, 1.54) is 0 Å². The van der Waals surface area contributed by atoms with Crippen molar-refractivity contribution in [1.82, 2.24) is 9.38 Å². The summed E-state index contributed by atoms with van der Waals surface area (Å²) in [5.41, 5.74) is 0.746. The Bertz CT molecular complexity index is 550. The average molecular weight is 249 g/mol. The fourth-order valence-electron chi connectivity index (χ4n) is 1.71. The van der Waals surface area contributed by atoms with Gasteiger partial charge >= 0.3 is 5.97 Å². The van der Waals surface area contributed by atoms with Crippen molar-refractivity contribution in [2.24, 2.45) is 0 Å². The number of anilines is 1. The Balaban J connectivity index is 2.25. The fourth-order valence-corrected chi connectivity index (χ4v) is 1.71. The number of nitrogens with one attached hydrogen (secondary N) is 1.